The molecule has 0 bridgehead atoms. The molecule has 0 aliphatic heterocycles. The molecule has 0 spiro atoms. The molecule has 1 fully saturated rings. The number of hydrogen-bond acceptors (Lipinski definition) is 0. The SMILES string of the molecule is Br[C@@H]1CC1(c1ccccc1)c1ccccc1. The van der Waals surface area contributed by atoms with E-state index in [1.54, 1.807) is 0 Å². The van der Waals surface area contributed by atoms with Gasteiger partial charge in [0.2, 0.25) is 0 Å². The molecule has 0 heterocycles. The van der Waals surface area contributed by atoms with Crippen molar-refractivity contribution in [2.75, 3.05) is 0 Å². The zero-order valence-corrected chi connectivity index (χ0v) is 10.5. The number of halogens is 1. The van der Waals surface area contributed by atoms with Crippen LogP contribution in [0.25, 0.3) is 0 Å². The van der Waals surface area contributed by atoms with Crippen LogP contribution in [0.3, 0.4) is 0 Å². The molecule has 1 atom stereocenters. The second kappa shape index (κ2) is 3.74. The van der Waals surface area contributed by atoms with E-state index in [1.807, 2.05) is 0 Å². The van der Waals surface area contributed by atoms with Gasteiger partial charge in [-0.25, -0.2) is 0 Å². The van der Waals surface area contributed by atoms with Crippen LogP contribution in [0.1, 0.15) is 17.5 Å². The van der Waals surface area contributed by atoms with Crippen LogP contribution in [0.15, 0.2) is 60.7 Å². The second-order valence-corrected chi connectivity index (χ2v) is 5.48. The number of alkyl halides is 1. The molecule has 0 aromatic heterocycles. The normalized spacial score (nSPS) is 21.7. The average molecular weight is 273 g/mol. The van der Waals surface area contributed by atoms with Crippen molar-refractivity contribution in [1.82, 2.24) is 0 Å². The Kier molecular flexibility index (Phi) is 2.36. The first kappa shape index (κ1) is 10.1. The first-order valence-corrected chi connectivity index (χ1v) is 6.51. The predicted molar refractivity (Wildman–Crippen MR) is 71.0 cm³/mol. The summed E-state index contributed by atoms with van der Waals surface area (Å²) in [5, 5.41) is 0. The van der Waals surface area contributed by atoms with Gasteiger partial charge >= 0.3 is 0 Å². The van der Waals surface area contributed by atoms with Gasteiger partial charge in [0.15, 0.2) is 0 Å². The molecule has 0 unspecified atom stereocenters. The molecule has 2 aromatic rings. The molecule has 1 aliphatic rings. The van der Waals surface area contributed by atoms with Gasteiger partial charge in [0, 0.05) is 10.2 Å². The molecule has 1 aliphatic carbocycles. The molecule has 0 amide bonds. The third-order valence-electron chi connectivity index (χ3n) is 3.45. The van der Waals surface area contributed by atoms with Gasteiger partial charge < -0.3 is 0 Å². The van der Waals surface area contributed by atoms with Gasteiger partial charge in [0.1, 0.15) is 0 Å². The lowest BCUT2D eigenvalue weighted by molar-refractivity contribution is 0.854. The van der Waals surface area contributed by atoms with E-state index >= 15 is 0 Å². The van der Waals surface area contributed by atoms with Crippen LogP contribution in [-0.4, -0.2) is 4.83 Å². The Morgan fingerprint density at radius 2 is 1.19 bits per heavy atom. The Morgan fingerprint density at radius 1 is 0.812 bits per heavy atom. The van der Waals surface area contributed by atoms with E-state index in [1.165, 1.54) is 17.5 Å². The molecular weight excluding hydrogens is 260 g/mol. The third-order valence-corrected chi connectivity index (χ3v) is 4.56. The van der Waals surface area contributed by atoms with Crippen molar-refractivity contribution in [2.45, 2.75) is 16.7 Å². The summed E-state index contributed by atoms with van der Waals surface area (Å²) in [6.45, 7) is 0. The Labute approximate surface area is 104 Å². The summed E-state index contributed by atoms with van der Waals surface area (Å²) in [4.78, 5) is 0.574. The quantitative estimate of drug-likeness (QED) is 0.721. The Morgan fingerprint density at radius 3 is 1.50 bits per heavy atom. The zero-order chi connectivity index (χ0) is 11.0. The van der Waals surface area contributed by atoms with E-state index in [4.69, 9.17) is 0 Å². The molecule has 80 valence electrons. The molecule has 3 rings (SSSR count). The van der Waals surface area contributed by atoms with Gasteiger partial charge in [-0.05, 0) is 17.5 Å². The molecule has 1 saturated carbocycles. The predicted octanol–water partition coefficient (Wildman–Crippen LogP) is 4.14. The van der Waals surface area contributed by atoms with Crippen LogP contribution in [0.2, 0.25) is 0 Å². The van der Waals surface area contributed by atoms with Crippen LogP contribution in [0.5, 0.6) is 0 Å². The number of hydrogen-bond donors (Lipinski definition) is 0. The minimum absolute atomic E-state index is 0.211. The van der Waals surface area contributed by atoms with Crippen LogP contribution >= 0.6 is 15.9 Å². The zero-order valence-electron chi connectivity index (χ0n) is 8.94. The highest BCUT2D eigenvalue weighted by Crippen LogP contribution is 2.57. The van der Waals surface area contributed by atoms with Crippen LogP contribution < -0.4 is 0 Å². The molecule has 0 saturated heterocycles. The van der Waals surface area contributed by atoms with Gasteiger partial charge in [-0.15, -0.1) is 0 Å². The third kappa shape index (κ3) is 1.42. The van der Waals surface area contributed by atoms with Crippen molar-refractivity contribution in [3.05, 3.63) is 71.8 Å². The van der Waals surface area contributed by atoms with Gasteiger partial charge in [0.25, 0.3) is 0 Å². The minimum Gasteiger partial charge on any atom is -0.0877 e. The lowest BCUT2D eigenvalue weighted by atomic mass is 9.88. The summed E-state index contributed by atoms with van der Waals surface area (Å²) in [6.07, 6.45) is 1.20. The fourth-order valence-electron chi connectivity index (χ4n) is 2.46. The van der Waals surface area contributed by atoms with Crippen molar-refractivity contribution in [1.29, 1.82) is 0 Å². The highest BCUT2D eigenvalue weighted by Gasteiger charge is 2.54. The summed E-state index contributed by atoms with van der Waals surface area (Å²) in [6, 6.07) is 21.6. The van der Waals surface area contributed by atoms with Crippen molar-refractivity contribution in [3.63, 3.8) is 0 Å². The van der Waals surface area contributed by atoms with Crippen LogP contribution in [0.4, 0.5) is 0 Å². The lowest BCUT2D eigenvalue weighted by Gasteiger charge is -2.17. The van der Waals surface area contributed by atoms with E-state index < -0.39 is 0 Å². The Bertz CT molecular complexity index is 436. The molecule has 0 nitrogen and oxygen atoms in total. The first-order chi connectivity index (χ1) is 7.84. The summed E-state index contributed by atoms with van der Waals surface area (Å²) in [5.41, 5.74) is 3.05. The first-order valence-electron chi connectivity index (χ1n) is 5.59. The van der Waals surface area contributed by atoms with E-state index in [9.17, 15) is 0 Å². The summed E-state index contributed by atoms with van der Waals surface area (Å²) in [7, 11) is 0. The maximum Gasteiger partial charge on any atom is 0.0339 e. The van der Waals surface area contributed by atoms with Crippen LogP contribution in [0, 0.1) is 0 Å². The summed E-state index contributed by atoms with van der Waals surface area (Å²) < 4.78 is 0. The van der Waals surface area contributed by atoms with Crippen molar-refractivity contribution in [2.24, 2.45) is 0 Å². The van der Waals surface area contributed by atoms with E-state index in [-0.39, 0.29) is 5.41 Å². The monoisotopic (exact) mass is 272 g/mol. The van der Waals surface area contributed by atoms with Crippen molar-refractivity contribution < 1.29 is 0 Å². The van der Waals surface area contributed by atoms with Crippen molar-refractivity contribution >= 4 is 15.9 Å². The summed E-state index contributed by atoms with van der Waals surface area (Å²) in [5.74, 6) is 0. The number of rotatable bonds is 2. The van der Waals surface area contributed by atoms with E-state index in [0.717, 1.165) is 0 Å². The van der Waals surface area contributed by atoms with Gasteiger partial charge in [-0.3, -0.25) is 0 Å². The summed E-state index contributed by atoms with van der Waals surface area (Å²) >= 11 is 3.78. The largest absolute Gasteiger partial charge is 0.0877 e. The van der Waals surface area contributed by atoms with Gasteiger partial charge in [0.05, 0.1) is 0 Å². The fourth-order valence-corrected chi connectivity index (χ4v) is 3.50. The molecule has 1 heteroatoms. The highest BCUT2D eigenvalue weighted by atomic mass is 79.9. The smallest absolute Gasteiger partial charge is 0.0339 e. The van der Waals surface area contributed by atoms with E-state index in [2.05, 4.69) is 76.6 Å². The van der Waals surface area contributed by atoms with Crippen LogP contribution in [-0.2, 0) is 5.41 Å². The maximum atomic E-state index is 3.78. The molecule has 16 heavy (non-hydrogen) atoms. The molecular formula is C15H13Br. The Hall–Kier alpha value is -1.08. The lowest BCUT2D eigenvalue weighted by Crippen LogP contribution is -2.11. The standard InChI is InChI=1S/C15H13Br/c16-14-11-15(14,12-7-3-1-4-8-12)13-9-5-2-6-10-13/h1-10,14H,11H2/t14-/m1/s1. The van der Waals surface area contributed by atoms with E-state index in [0.29, 0.717) is 4.83 Å². The van der Waals surface area contributed by atoms with Crippen molar-refractivity contribution in [3.8, 4) is 0 Å². The van der Waals surface area contributed by atoms with Gasteiger partial charge in [-0.1, -0.05) is 76.6 Å². The molecule has 0 N–H and O–H groups in total. The van der Waals surface area contributed by atoms with Gasteiger partial charge in [-0.2, -0.15) is 0 Å². The maximum absolute atomic E-state index is 3.78. The topological polar surface area (TPSA) is 0 Å². The second-order valence-electron chi connectivity index (χ2n) is 4.38. The molecule has 0 radical (unpaired) electrons. The minimum atomic E-state index is 0.211. The Balaban J connectivity index is 2.10. The average Bonchev–Trinajstić information content (AvgIpc) is 3.05. The fraction of sp³-hybridized carbons (Fsp3) is 0.200. The number of benzene rings is 2. The molecule has 2 aromatic carbocycles. The highest BCUT2D eigenvalue weighted by molar-refractivity contribution is 9.09.